The van der Waals surface area contributed by atoms with Crippen molar-refractivity contribution in [1.82, 2.24) is 15.2 Å². The highest BCUT2D eigenvalue weighted by Crippen LogP contribution is 2.24. The molecule has 0 bridgehead atoms. The highest BCUT2D eigenvalue weighted by molar-refractivity contribution is 5.48. The smallest absolute Gasteiger partial charge is 0.131 e. The molecule has 0 amide bonds. The molecule has 1 atom stereocenters. The molecule has 1 fully saturated rings. The van der Waals surface area contributed by atoms with E-state index in [1.807, 2.05) is 6.20 Å². The lowest BCUT2D eigenvalue weighted by Crippen LogP contribution is -2.40. The average Bonchev–Trinajstić information content (AvgIpc) is 2.66. The first-order valence-electron chi connectivity index (χ1n) is 8.27. The summed E-state index contributed by atoms with van der Waals surface area (Å²) < 4.78 is 0. The van der Waals surface area contributed by atoms with Crippen LogP contribution in [0.2, 0.25) is 0 Å². The zero-order chi connectivity index (χ0) is 15.2. The number of anilines is 1. The Bertz CT molecular complexity index is 446. The molecule has 2 rings (SSSR count). The monoisotopic (exact) mass is 290 g/mol. The number of likely N-dealkylation sites (N-methyl/N-ethyl adjacent to an activating group) is 1. The normalized spacial score (nSPS) is 20.6. The Labute approximate surface area is 129 Å². The van der Waals surface area contributed by atoms with Crippen LogP contribution in [0.4, 0.5) is 5.82 Å². The molecule has 1 aromatic heterocycles. The molecule has 0 radical (unpaired) electrons. The van der Waals surface area contributed by atoms with Crippen molar-refractivity contribution in [3.05, 3.63) is 23.4 Å². The van der Waals surface area contributed by atoms with E-state index in [9.17, 15) is 0 Å². The van der Waals surface area contributed by atoms with Gasteiger partial charge < -0.3 is 15.1 Å². The van der Waals surface area contributed by atoms with Crippen LogP contribution in [0.5, 0.6) is 0 Å². The molecule has 0 aromatic carbocycles. The predicted molar refractivity (Wildman–Crippen MR) is 89.9 cm³/mol. The molecule has 1 saturated heterocycles. The predicted octanol–water partition coefficient (Wildman–Crippen LogP) is 2.42. The molecular weight excluding hydrogens is 260 g/mol. The number of rotatable bonds is 5. The number of aromatic nitrogens is 1. The van der Waals surface area contributed by atoms with Gasteiger partial charge in [-0.1, -0.05) is 13.8 Å². The topological polar surface area (TPSA) is 31.4 Å². The third kappa shape index (κ3) is 4.17. The van der Waals surface area contributed by atoms with Gasteiger partial charge in [0, 0.05) is 31.9 Å². The number of nitrogens with zero attached hydrogens (tertiary/aromatic N) is 3. The van der Waals surface area contributed by atoms with Gasteiger partial charge >= 0.3 is 0 Å². The summed E-state index contributed by atoms with van der Waals surface area (Å²) in [5.41, 5.74) is 2.58. The van der Waals surface area contributed by atoms with Gasteiger partial charge in [0.2, 0.25) is 0 Å². The van der Waals surface area contributed by atoms with E-state index >= 15 is 0 Å². The fraction of sp³-hybridized carbons (Fsp3) is 0.706. The largest absolute Gasteiger partial charge is 0.352 e. The standard InChI is InChI=1S/C17H30N4/c1-5-16-13-20(4)8-7-9-21(16)17-14(3)10-15(12-19-17)11-18-6-2/h10,12,16,18H,5-9,11,13H2,1-4H3. The fourth-order valence-corrected chi connectivity index (χ4v) is 3.16. The van der Waals surface area contributed by atoms with Crippen LogP contribution < -0.4 is 10.2 Å². The highest BCUT2D eigenvalue weighted by atomic mass is 15.3. The number of hydrogen-bond donors (Lipinski definition) is 1. The Kier molecular flexibility index (Phi) is 6.00. The van der Waals surface area contributed by atoms with Crippen LogP contribution in [0, 0.1) is 6.92 Å². The maximum atomic E-state index is 4.79. The number of nitrogens with one attached hydrogen (secondary N) is 1. The van der Waals surface area contributed by atoms with E-state index in [0.717, 1.165) is 26.2 Å². The SMILES string of the molecule is CCNCc1cnc(N2CCCN(C)CC2CC)c(C)c1. The number of hydrogen-bond acceptors (Lipinski definition) is 4. The Balaban J connectivity index is 2.18. The Morgan fingerprint density at radius 2 is 2.14 bits per heavy atom. The van der Waals surface area contributed by atoms with E-state index in [0.29, 0.717) is 6.04 Å². The molecule has 0 aliphatic carbocycles. The quantitative estimate of drug-likeness (QED) is 0.902. The van der Waals surface area contributed by atoms with E-state index in [1.165, 1.54) is 36.3 Å². The number of pyridine rings is 1. The molecule has 1 aromatic rings. The van der Waals surface area contributed by atoms with Crippen LogP contribution in [0.25, 0.3) is 0 Å². The van der Waals surface area contributed by atoms with Crippen LogP contribution >= 0.6 is 0 Å². The zero-order valence-electron chi connectivity index (χ0n) is 14.0. The summed E-state index contributed by atoms with van der Waals surface area (Å²) in [4.78, 5) is 9.76. The molecular formula is C17H30N4. The zero-order valence-corrected chi connectivity index (χ0v) is 14.0. The summed E-state index contributed by atoms with van der Waals surface area (Å²) >= 11 is 0. The Morgan fingerprint density at radius 3 is 2.81 bits per heavy atom. The first kappa shape index (κ1) is 16.2. The lowest BCUT2D eigenvalue weighted by molar-refractivity contribution is 0.327. The second-order valence-corrected chi connectivity index (χ2v) is 6.14. The van der Waals surface area contributed by atoms with Gasteiger partial charge in [0.1, 0.15) is 5.82 Å². The van der Waals surface area contributed by atoms with E-state index in [2.05, 4.69) is 49.0 Å². The van der Waals surface area contributed by atoms with E-state index in [-0.39, 0.29) is 0 Å². The molecule has 4 nitrogen and oxygen atoms in total. The Morgan fingerprint density at radius 1 is 1.33 bits per heavy atom. The summed E-state index contributed by atoms with van der Waals surface area (Å²) in [6, 6.07) is 2.86. The molecule has 2 heterocycles. The van der Waals surface area contributed by atoms with Crippen LogP contribution in [-0.4, -0.2) is 49.2 Å². The van der Waals surface area contributed by atoms with Gasteiger partial charge in [-0.2, -0.15) is 0 Å². The van der Waals surface area contributed by atoms with Crippen molar-refractivity contribution in [3.63, 3.8) is 0 Å². The van der Waals surface area contributed by atoms with Crippen LogP contribution in [0.3, 0.4) is 0 Å². The van der Waals surface area contributed by atoms with Crippen LogP contribution in [0.15, 0.2) is 12.3 Å². The summed E-state index contributed by atoms with van der Waals surface area (Å²) in [6.45, 7) is 11.9. The summed E-state index contributed by atoms with van der Waals surface area (Å²) in [5, 5.41) is 3.37. The fourth-order valence-electron chi connectivity index (χ4n) is 3.16. The van der Waals surface area contributed by atoms with Crippen molar-refractivity contribution >= 4 is 5.82 Å². The maximum Gasteiger partial charge on any atom is 0.131 e. The molecule has 0 spiro atoms. The minimum atomic E-state index is 0.573. The summed E-state index contributed by atoms with van der Waals surface area (Å²) in [6.07, 6.45) is 4.42. The van der Waals surface area contributed by atoms with Crippen molar-refractivity contribution in [2.75, 3.05) is 38.1 Å². The molecule has 1 unspecified atom stereocenters. The van der Waals surface area contributed by atoms with Crippen molar-refractivity contribution in [3.8, 4) is 0 Å². The second kappa shape index (κ2) is 7.76. The van der Waals surface area contributed by atoms with Crippen LogP contribution in [0.1, 0.15) is 37.8 Å². The van der Waals surface area contributed by atoms with E-state index < -0.39 is 0 Å². The third-order valence-electron chi connectivity index (χ3n) is 4.33. The molecule has 1 aliphatic heterocycles. The van der Waals surface area contributed by atoms with E-state index in [4.69, 9.17) is 4.98 Å². The maximum absolute atomic E-state index is 4.79. The van der Waals surface area contributed by atoms with Crippen molar-refractivity contribution < 1.29 is 0 Å². The number of aryl methyl sites for hydroxylation is 1. The van der Waals surface area contributed by atoms with Gasteiger partial charge in [0.25, 0.3) is 0 Å². The minimum Gasteiger partial charge on any atom is -0.352 e. The van der Waals surface area contributed by atoms with Gasteiger partial charge in [0.15, 0.2) is 0 Å². The summed E-state index contributed by atoms with van der Waals surface area (Å²) in [5.74, 6) is 1.18. The lowest BCUT2D eigenvalue weighted by atomic mass is 10.1. The van der Waals surface area contributed by atoms with Crippen LogP contribution in [-0.2, 0) is 6.54 Å². The first-order valence-corrected chi connectivity index (χ1v) is 8.27. The van der Waals surface area contributed by atoms with Gasteiger partial charge in [-0.3, -0.25) is 0 Å². The summed E-state index contributed by atoms with van der Waals surface area (Å²) in [7, 11) is 2.23. The average molecular weight is 290 g/mol. The molecule has 118 valence electrons. The second-order valence-electron chi connectivity index (χ2n) is 6.14. The molecule has 1 N–H and O–H groups in total. The van der Waals surface area contributed by atoms with E-state index in [1.54, 1.807) is 0 Å². The highest BCUT2D eigenvalue weighted by Gasteiger charge is 2.24. The molecule has 4 heteroatoms. The molecule has 0 saturated carbocycles. The van der Waals surface area contributed by atoms with Gasteiger partial charge in [0.05, 0.1) is 0 Å². The van der Waals surface area contributed by atoms with Gasteiger partial charge in [-0.15, -0.1) is 0 Å². The lowest BCUT2D eigenvalue weighted by Gasteiger charge is -2.32. The first-order chi connectivity index (χ1) is 10.2. The third-order valence-corrected chi connectivity index (χ3v) is 4.33. The van der Waals surface area contributed by atoms with Crippen molar-refractivity contribution in [2.45, 2.75) is 46.2 Å². The molecule has 21 heavy (non-hydrogen) atoms. The van der Waals surface area contributed by atoms with Gasteiger partial charge in [-0.25, -0.2) is 4.98 Å². The van der Waals surface area contributed by atoms with Crippen molar-refractivity contribution in [1.29, 1.82) is 0 Å². The Hall–Kier alpha value is -1.13. The van der Waals surface area contributed by atoms with Crippen molar-refractivity contribution in [2.24, 2.45) is 0 Å². The minimum absolute atomic E-state index is 0.573. The molecule has 1 aliphatic rings. The van der Waals surface area contributed by atoms with Gasteiger partial charge in [-0.05, 0) is 57.1 Å².